The zero-order chi connectivity index (χ0) is 21.6. The summed E-state index contributed by atoms with van der Waals surface area (Å²) < 4.78 is 9.76. The van der Waals surface area contributed by atoms with Gasteiger partial charge in [0.05, 0.1) is 0 Å². The number of nitrogens with one attached hydrogen (secondary N) is 1. The second kappa shape index (κ2) is 9.22. The second-order valence-corrected chi connectivity index (χ2v) is 7.72. The van der Waals surface area contributed by atoms with Crippen LogP contribution in [0.25, 0.3) is 11.3 Å². The Kier molecular flexibility index (Phi) is 6.98. The summed E-state index contributed by atoms with van der Waals surface area (Å²) in [4.78, 5) is 33.0. The van der Waals surface area contributed by atoms with Crippen LogP contribution in [0.4, 0.5) is 4.79 Å². The molecule has 2 aromatic rings. The van der Waals surface area contributed by atoms with E-state index in [2.05, 4.69) is 15.2 Å². The molecule has 3 rings (SSSR count). The van der Waals surface area contributed by atoms with Crippen molar-refractivity contribution in [2.45, 2.75) is 45.3 Å². The number of ether oxygens (including phenoxy) is 1. The van der Waals surface area contributed by atoms with Gasteiger partial charge in [0.15, 0.2) is 11.5 Å². The van der Waals surface area contributed by atoms with Crippen molar-refractivity contribution in [2.24, 2.45) is 17.4 Å². The van der Waals surface area contributed by atoms with Gasteiger partial charge in [0.1, 0.15) is 5.60 Å². The number of amides is 3. The fraction of sp³-hybridized carbons (Fsp3) is 0.400. The summed E-state index contributed by atoms with van der Waals surface area (Å²) in [5.41, 5.74) is 10.6. The molecule has 29 heavy (non-hydrogen) atoms. The van der Waals surface area contributed by atoms with Gasteiger partial charge in [-0.25, -0.2) is 4.79 Å². The monoisotopic (exact) mass is 402 g/mol. The molecule has 9 nitrogen and oxygen atoms in total. The number of carbonyl (C=O) groups is 3. The summed E-state index contributed by atoms with van der Waals surface area (Å²) in [6.07, 6.45) is 0.451. The van der Waals surface area contributed by atoms with Crippen molar-refractivity contribution >= 4 is 17.9 Å². The number of benzene rings is 1. The Labute approximate surface area is 168 Å². The fourth-order valence-corrected chi connectivity index (χ4v) is 2.65. The van der Waals surface area contributed by atoms with Gasteiger partial charge >= 0.3 is 6.09 Å². The van der Waals surface area contributed by atoms with Crippen LogP contribution in [0.1, 0.15) is 44.1 Å². The molecule has 0 bridgehead atoms. The number of nitrogens with two attached hydrogens (primary N) is 2. The van der Waals surface area contributed by atoms with Crippen LogP contribution in [0.2, 0.25) is 0 Å². The van der Waals surface area contributed by atoms with Gasteiger partial charge < -0.3 is 26.0 Å². The molecule has 0 radical (unpaired) electrons. The highest BCUT2D eigenvalue weighted by Gasteiger charge is 2.34. The van der Waals surface area contributed by atoms with E-state index in [4.69, 9.17) is 16.0 Å². The van der Waals surface area contributed by atoms with Crippen LogP contribution in [0.5, 0.6) is 0 Å². The Morgan fingerprint density at radius 3 is 2.24 bits per heavy atom. The van der Waals surface area contributed by atoms with E-state index in [9.17, 15) is 14.4 Å². The zero-order valence-corrected chi connectivity index (χ0v) is 16.7. The van der Waals surface area contributed by atoms with Gasteiger partial charge in [-0.3, -0.25) is 9.59 Å². The Bertz CT molecular complexity index is 851. The number of primary amides is 2. The minimum Gasteiger partial charge on any atom is -0.444 e. The Balaban J connectivity index is 0.000000321. The Morgan fingerprint density at radius 2 is 1.76 bits per heavy atom. The SMILES string of the molecule is CC(C)(C)OC(N)=O.NC(=O)C1CC(NC(=O)c2cc(-c3ccccc3)on2)C1. The van der Waals surface area contributed by atoms with Crippen molar-refractivity contribution in [3.63, 3.8) is 0 Å². The smallest absolute Gasteiger partial charge is 0.405 e. The van der Waals surface area contributed by atoms with E-state index in [1.807, 2.05) is 30.3 Å². The van der Waals surface area contributed by atoms with Crippen molar-refractivity contribution in [3.05, 3.63) is 42.1 Å². The number of carbonyl (C=O) groups excluding carboxylic acids is 3. The van der Waals surface area contributed by atoms with Gasteiger partial charge in [-0.1, -0.05) is 35.5 Å². The van der Waals surface area contributed by atoms with Crippen molar-refractivity contribution in [3.8, 4) is 11.3 Å². The highest BCUT2D eigenvalue weighted by atomic mass is 16.6. The summed E-state index contributed by atoms with van der Waals surface area (Å²) in [5.74, 6) is -0.195. The maximum absolute atomic E-state index is 12.0. The molecule has 1 aliphatic carbocycles. The molecule has 5 N–H and O–H groups in total. The minimum atomic E-state index is -0.725. The molecule has 1 aromatic carbocycles. The predicted octanol–water partition coefficient (Wildman–Crippen LogP) is 2.22. The molecule has 1 saturated carbocycles. The molecule has 1 heterocycles. The minimum absolute atomic E-state index is 0.0214. The van der Waals surface area contributed by atoms with Crippen molar-refractivity contribution in [2.75, 3.05) is 0 Å². The number of nitrogens with zero attached hydrogens (tertiary/aromatic N) is 1. The predicted molar refractivity (Wildman–Crippen MR) is 106 cm³/mol. The van der Waals surface area contributed by atoms with Gasteiger partial charge in [-0.2, -0.15) is 0 Å². The van der Waals surface area contributed by atoms with E-state index in [1.165, 1.54) is 0 Å². The maximum atomic E-state index is 12.0. The topological polar surface area (TPSA) is 151 Å². The zero-order valence-electron chi connectivity index (χ0n) is 16.7. The van der Waals surface area contributed by atoms with Crippen LogP contribution in [-0.4, -0.2) is 34.7 Å². The third-order valence-electron chi connectivity index (χ3n) is 4.08. The van der Waals surface area contributed by atoms with Crippen LogP contribution in [0.15, 0.2) is 40.9 Å². The summed E-state index contributed by atoms with van der Waals surface area (Å²) in [6, 6.07) is 11.0. The van der Waals surface area contributed by atoms with Gasteiger partial charge in [0.2, 0.25) is 5.91 Å². The first-order valence-corrected chi connectivity index (χ1v) is 9.16. The fourth-order valence-electron chi connectivity index (χ4n) is 2.65. The van der Waals surface area contributed by atoms with Gasteiger partial charge in [0, 0.05) is 23.6 Å². The Morgan fingerprint density at radius 1 is 1.14 bits per heavy atom. The molecule has 1 fully saturated rings. The number of hydrogen-bond acceptors (Lipinski definition) is 6. The van der Waals surface area contributed by atoms with E-state index < -0.39 is 11.7 Å². The number of aromatic nitrogens is 1. The summed E-state index contributed by atoms with van der Waals surface area (Å²) >= 11 is 0. The first-order chi connectivity index (χ1) is 13.5. The van der Waals surface area contributed by atoms with E-state index in [1.54, 1.807) is 26.8 Å². The second-order valence-electron chi connectivity index (χ2n) is 7.72. The molecule has 3 amide bonds. The molecule has 1 aliphatic rings. The molecule has 1 aromatic heterocycles. The highest BCUT2D eigenvalue weighted by molar-refractivity contribution is 5.93. The van der Waals surface area contributed by atoms with E-state index >= 15 is 0 Å². The number of rotatable bonds is 4. The normalized spacial score (nSPS) is 17.9. The average molecular weight is 402 g/mol. The molecule has 0 spiro atoms. The van der Waals surface area contributed by atoms with E-state index in [0.717, 1.165) is 5.56 Å². The largest absolute Gasteiger partial charge is 0.444 e. The number of hydrogen-bond donors (Lipinski definition) is 3. The lowest BCUT2D eigenvalue weighted by atomic mass is 9.80. The van der Waals surface area contributed by atoms with E-state index in [0.29, 0.717) is 18.6 Å². The van der Waals surface area contributed by atoms with Crippen LogP contribution in [0.3, 0.4) is 0 Å². The third kappa shape index (κ3) is 6.95. The lowest BCUT2D eigenvalue weighted by molar-refractivity contribution is -0.124. The molecule has 0 saturated heterocycles. The van der Waals surface area contributed by atoms with Gasteiger partial charge in [-0.15, -0.1) is 0 Å². The first-order valence-electron chi connectivity index (χ1n) is 9.16. The summed E-state index contributed by atoms with van der Waals surface area (Å²) in [6.45, 7) is 5.28. The molecule has 156 valence electrons. The average Bonchev–Trinajstić information content (AvgIpc) is 3.06. The summed E-state index contributed by atoms with van der Waals surface area (Å²) in [5, 5.41) is 6.59. The van der Waals surface area contributed by atoms with Crippen molar-refractivity contribution in [1.29, 1.82) is 0 Å². The standard InChI is InChI=1S/C15H15N3O3.C5H11NO2/c16-14(19)10-6-11(7-10)17-15(20)12-8-13(21-18-12)9-4-2-1-3-5-9;1-5(2,3)8-4(6)7/h1-5,8,10-11H,6-7H2,(H2,16,19)(H,17,20);1-3H3,(H2,6,7). The highest BCUT2D eigenvalue weighted by Crippen LogP contribution is 2.27. The quantitative estimate of drug-likeness (QED) is 0.713. The molecule has 0 aliphatic heterocycles. The molecule has 0 atom stereocenters. The maximum Gasteiger partial charge on any atom is 0.405 e. The molecular weight excluding hydrogens is 376 g/mol. The van der Waals surface area contributed by atoms with Crippen LogP contribution >= 0.6 is 0 Å². The van der Waals surface area contributed by atoms with Crippen molar-refractivity contribution < 1.29 is 23.6 Å². The first kappa shape index (κ1) is 21.9. The molecule has 9 heteroatoms. The summed E-state index contributed by atoms with van der Waals surface area (Å²) in [7, 11) is 0. The van der Waals surface area contributed by atoms with Crippen LogP contribution in [-0.2, 0) is 9.53 Å². The lowest BCUT2D eigenvalue weighted by Crippen LogP contribution is -2.48. The molecular formula is C20H26N4O5. The molecule has 0 unspecified atom stereocenters. The third-order valence-corrected chi connectivity index (χ3v) is 4.08. The van der Waals surface area contributed by atoms with E-state index in [-0.39, 0.29) is 29.5 Å². The lowest BCUT2D eigenvalue weighted by Gasteiger charge is -2.33. The van der Waals surface area contributed by atoms with Crippen LogP contribution in [0, 0.1) is 5.92 Å². The van der Waals surface area contributed by atoms with Crippen molar-refractivity contribution in [1.82, 2.24) is 10.5 Å². The van der Waals surface area contributed by atoms with Crippen LogP contribution < -0.4 is 16.8 Å². The Hall–Kier alpha value is -3.36. The van der Waals surface area contributed by atoms with Gasteiger partial charge in [0.25, 0.3) is 5.91 Å². The van der Waals surface area contributed by atoms with Gasteiger partial charge in [-0.05, 0) is 33.6 Å².